The van der Waals surface area contributed by atoms with Crippen molar-refractivity contribution in [3.05, 3.63) is 134 Å². The molecule has 1 N–H and O–H groups in total. The minimum Gasteiger partial charge on any atom is -0.477 e. The molecule has 93 heavy (non-hydrogen) atoms. The van der Waals surface area contributed by atoms with Gasteiger partial charge < -0.3 is 28.5 Å². The third-order valence-corrected chi connectivity index (χ3v) is 16.4. The molecule has 9 nitrogen and oxygen atoms in total. The first-order valence-corrected chi connectivity index (χ1v) is 38.3. The molecule has 0 aromatic carbocycles. The van der Waals surface area contributed by atoms with Crippen molar-refractivity contribution < 1.29 is 42.9 Å². The van der Waals surface area contributed by atoms with Crippen molar-refractivity contribution in [3.63, 3.8) is 0 Å². The van der Waals surface area contributed by atoms with Gasteiger partial charge in [-0.2, -0.15) is 0 Å². The predicted octanol–water partition coefficient (Wildman–Crippen LogP) is 24.5. The summed E-state index contributed by atoms with van der Waals surface area (Å²) in [5.41, 5.74) is 0. The van der Waals surface area contributed by atoms with E-state index in [1.165, 1.54) is 167 Å². The molecule has 0 saturated heterocycles. The number of hydrogen-bond donors (Lipinski definition) is 1. The summed E-state index contributed by atoms with van der Waals surface area (Å²) in [5.74, 6) is -2.02. The molecule has 0 rings (SSSR count). The maximum Gasteiger partial charge on any atom is 0.361 e. The Morgan fingerprint density at radius 3 is 0.914 bits per heavy atom. The molecule has 0 fully saturated rings. The topological polar surface area (TPSA) is 108 Å². The molecule has 9 heteroatoms. The number of aliphatic carboxylic acids is 1. The van der Waals surface area contributed by atoms with E-state index in [0.717, 1.165) is 122 Å². The van der Waals surface area contributed by atoms with Gasteiger partial charge in [0.15, 0.2) is 6.10 Å². The Morgan fingerprint density at radius 1 is 0.333 bits per heavy atom. The van der Waals surface area contributed by atoms with Crippen molar-refractivity contribution in [3.8, 4) is 0 Å². The van der Waals surface area contributed by atoms with Crippen LogP contribution < -0.4 is 0 Å². The summed E-state index contributed by atoms with van der Waals surface area (Å²) in [6.45, 7) is 4.75. The maximum atomic E-state index is 13.0. The number of carbonyl (C=O) groups excluding carboxylic acids is 2. The number of carbonyl (C=O) groups is 3. The number of unbranched alkanes of at least 4 members (excludes halogenated alkanes) is 33. The number of likely N-dealkylation sites (N-methyl/N-ethyl adjacent to an activating group) is 1. The van der Waals surface area contributed by atoms with Gasteiger partial charge in [0.25, 0.3) is 6.29 Å². The minimum absolute atomic E-state index is 0.179. The average Bonchev–Trinajstić information content (AvgIpc) is 3.38. The van der Waals surface area contributed by atoms with Gasteiger partial charge in [-0.05, 0) is 116 Å². The van der Waals surface area contributed by atoms with Gasteiger partial charge in [0.2, 0.25) is 0 Å². The molecule has 0 spiro atoms. The fourth-order valence-corrected chi connectivity index (χ4v) is 10.6. The molecule has 0 aromatic rings. The van der Waals surface area contributed by atoms with Gasteiger partial charge in [-0.15, -0.1) is 0 Å². The molecule has 0 aliphatic carbocycles. The van der Waals surface area contributed by atoms with Crippen LogP contribution in [0.3, 0.4) is 0 Å². The van der Waals surface area contributed by atoms with Gasteiger partial charge in [-0.3, -0.25) is 9.59 Å². The van der Waals surface area contributed by atoms with E-state index in [0.29, 0.717) is 23.9 Å². The minimum atomic E-state index is -1.52. The highest BCUT2D eigenvalue weighted by Crippen LogP contribution is 2.18. The van der Waals surface area contributed by atoms with Crippen LogP contribution in [0.2, 0.25) is 0 Å². The fraction of sp³-hybridized carbons (Fsp3) is 0.702. The molecule has 0 aliphatic heterocycles. The summed E-state index contributed by atoms with van der Waals surface area (Å²) in [6, 6.07) is 0. The Balaban J connectivity index is 4.09. The summed E-state index contributed by atoms with van der Waals surface area (Å²) in [5, 5.41) is 9.76. The molecule has 0 heterocycles. The standard InChI is InChI=1S/C84H143NO8/c1-6-8-10-12-14-16-18-20-22-24-26-28-30-32-34-36-38-39-40-41-42-43-45-46-48-50-52-54-56-58-60-62-64-66-68-70-72-74-81(86)91-78-80(79-92-84(83(88)89)90-77-76-85(3,4)5)93-82(87)75-73-71-69-67-65-63-61-59-57-55-53-51-49-47-44-37-35-33-31-29-27-25-23-21-19-17-15-13-11-9-7-2/h9,11,15,17-18,20-21,23-24,26-27,29-30,32-33,35,44,47,51,53,57,59,80,84H,6-8,10,12-14,16,19,22,25,28,31,34,36-43,45-46,48-50,52,54-56,58,60-79H2,1-5H3/p+1/b11-9-,17-15-,20-18-,23-21-,26-24-,29-27-,32-30-,35-33-,47-44-,53-51-,59-57-. The number of quaternary nitrogens is 1. The quantitative estimate of drug-likeness (QED) is 0.0211. The number of carboxylic acid groups (broad SMARTS) is 1. The van der Waals surface area contributed by atoms with Crippen molar-refractivity contribution in [1.82, 2.24) is 0 Å². The summed E-state index contributed by atoms with van der Waals surface area (Å²) in [7, 11) is 5.97. The van der Waals surface area contributed by atoms with Crippen molar-refractivity contribution in [2.75, 3.05) is 47.5 Å². The smallest absolute Gasteiger partial charge is 0.361 e. The van der Waals surface area contributed by atoms with Crippen molar-refractivity contribution in [1.29, 1.82) is 0 Å². The second-order valence-electron chi connectivity index (χ2n) is 26.6. The van der Waals surface area contributed by atoms with Gasteiger partial charge in [-0.1, -0.05) is 327 Å². The molecule has 0 aliphatic rings. The van der Waals surface area contributed by atoms with Crippen LogP contribution in [0.25, 0.3) is 0 Å². The summed E-state index contributed by atoms with van der Waals surface area (Å²) in [6.07, 6.45) is 103. The largest absolute Gasteiger partial charge is 0.477 e. The van der Waals surface area contributed by atoms with Gasteiger partial charge in [0, 0.05) is 12.8 Å². The van der Waals surface area contributed by atoms with Crippen molar-refractivity contribution >= 4 is 17.9 Å². The summed E-state index contributed by atoms with van der Waals surface area (Å²) in [4.78, 5) is 37.7. The lowest BCUT2D eigenvalue weighted by Gasteiger charge is -2.25. The van der Waals surface area contributed by atoms with E-state index in [2.05, 4.69) is 148 Å². The summed E-state index contributed by atoms with van der Waals surface area (Å²) >= 11 is 0. The van der Waals surface area contributed by atoms with E-state index in [-0.39, 0.29) is 32.2 Å². The van der Waals surface area contributed by atoms with E-state index < -0.39 is 24.3 Å². The van der Waals surface area contributed by atoms with Crippen LogP contribution in [0.4, 0.5) is 0 Å². The van der Waals surface area contributed by atoms with E-state index in [9.17, 15) is 19.5 Å². The monoisotopic (exact) mass is 1300 g/mol. The van der Waals surface area contributed by atoms with Crippen molar-refractivity contribution in [2.45, 2.75) is 334 Å². The Bertz CT molecular complexity index is 2000. The van der Waals surface area contributed by atoms with E-state index >= 15 is 0 Å². The van der Waals surface area contributed by atoms with Crippen LogP contribution in [-0.4, -0.2) is 87.4 Å². The number of esters is 2. The SMILES string of the molecule is CC/C=C\C/C=C\C/C=C\C/C=C\C/C=C\C/C=C\C/C=C\C/C=C\CCCCCCCCC(=O)OC(COC(=O)CCCCCCCCCCCCCCCCCCCCCCCC/C=C\C/C=C\C/C=C\CCCCCCC)COC(OCC[N+](C)(C)C)C(=O)O. The third kappa shape index (κ3) is 74.7. The second-order valence-corrected chi connectivity index (χ2v) is 26.6. The number of rotatable bonds is 70. The first-order valence-electron chi connectivity index (χ1n) is 38.3. The average molecular weight is 1300 g/mol. The highest BCUT2D eigenvalue weighted by Gasteiger charge is 2.25. The van der Waals surface area contributed by atoms with E-state index in [4.69, 9.17) is 18.9 Å². The van der Waals surface area contributed by atoms with Gasteiger partial charge in [0.1, 0.15) is 13.2 Å². The molecule has 0 aromatic heterocycles. The van der Waals surface area contributed by atoms with Crippen LogP contribution in [0.15, 0.2) is 134 Å². The maximum absolute atomic E-state index is 13.0. The van der Waals surface area contributed by atoms with Gasteiger partial charge >= 0.3 is 17.9 Å². The van der Waals surface area contributed by atoms with Crippen LogP contribution in [0.1, 0.15) is 322 Å². The highest BCUT2D eigenvalue weighted by atomic mass is 16.7. The Kier molecular flexibility index (Phi) is 69.6. The molecule has 0 saturated carbocycles. The molecular weight excluding hydrogens is 1150 g/mol. The molecular formula is C84H144NO8+. The molecule has 2 unspecified atom stereocenters. The zero-order valence-corrected chi connectivity index (χ0v) is 60.9. The Hall–Kier alpha value is -4.57. The molecule has 0 amide bonds. The number of allylic oxidation sites excluding steroid dienone is 22. The van der Waals surface area contributed by atoms with Crippen LogP contribution >= 0.6 is 0 Å². The fourth-order valence-electron chi connectivity index (χ4n) is 10.6. The number of nitrogens with zero attached hydrogens (tertiary/aromatic N) is 1. The zero-order valence-electron chi connectivity index (χ0n) is 60.9. The van der Waals surface area contributed by atoms with Crippen molar-refractivity contribution in [2.24, 2.45) is 0 Å². The van der Waals surface area contributed by atoms with Crippen LogP contribution in [0.5, 0.6) is 0 Å². The van der Waals surface area contributed by atoms with Gasteiger partial charge in [0.05, 0.1) is 34.4 Å². The Morgan fingerprint density at radius 2 is 0.613 bits per heavy atom. The zero-order chi connectivity index (χ0) is 67.5. The molecule has 0 bridgehead atoms. The third-order valence-electron chi connectivity index (χ3n) is 16.4. The lowest BCUT2D eigenvalue weighted by molar-refractivity contribution is -0.870. The van der Waals surface area contributed by atoms with Crippen LogP contribution in [0, 0.1) is 0 Å². The molecule has 0 radical (unpaired) electrons. The second kappa shape index (κ2) is 73.2. The lowest BCUT2D eigenvalue weighted by atomic mass is 10.0. The Labute approximate surface area is 573 Å². The summed E-state index contributed by atoms with van der Waals surface area (Å²) < 4.78 is 23.0. The molecule has 532 valence electrons. The first-order chi connectivity index (χ1) is 45.6. The molecule has 2 atom stereocenters. The number of ether oxygens (including phenoxy) is 4. The van der Waals surface area contributed by atoms with Gasteiger partial charge in [-0.25, -0.2) is 4.79 Å². The first kappa shape index (κ1) is 88.4. The number of carboxylic acids is 1. The highest BCUT2D eigenvalue weighted by molar-refractivity contribution is 5.71. The normalized spacial score (nSPS) is 13.4. The predicted molar refractivity (Wildman–Crippen MR) is 401 cm³/mol. The number of hydrogen-bond acceptors (Lipinski definition) is 7. The van der Waals surface area contributed by atoms with Crippen LogP contribution in [-0.2, 0) is 33.3 Å². The van der Waals surface area contributed by atoms with E-state index in [1.54, 1.807) is 0 Å². The lowest BCUT2D eigenvalue weighted by Crippen LogP contribution is -2.40. The van der Waals surface area contributed by atoms with E-state index in [1.807, 2.05) is 21.1 Å².